The van der Waals surface area contributed by atoms with E-state index in [-0.39, 0.29) is 6.10 Å². The molecule has 0 spiro atoms. The maximum Gasteiger partial charge on any atom is 0.122 e. The van der Waals surface area contributed by atoms with Crippen LogP contribution in [-0.2, 0) is 9.53 Å². The van der Waals surface area contributed by atoms with E-state index in [2.05, 4.69) is 13.8 Å². The molecule has 11 heavy (non-hydrogen) atoms. The van der Waals surface area contributed by atoms with Crippen LogP contribution in [0.1, 0.15) is 33.1 Å². The number of rotatable bonds is 2. The molecule has 0 aromatic rings. The molecule has 1 aliphatic heterocycles. The summed E-state index contributed by atoms with van der Waals surface area (Å²) in [5.41, 5.74) is 0. The Bertz CT molecular complexity index is 134. The summed E-state index contributed by atoms with van der Waals surface area (Å²) in [7, 11) is 0. The van der Waals surface area contributed by atoms with Crippen LogP contribution in [0.4, 0.5) is 0 Å². The molecule has 0 amide bonds. The van der Waals surface area contributed by atoms with Crippen molar-refractivity contribution in [2.24, 2.45) is 5.92 Å². The Labute approximate surface area is 67.9 Å². The maximum atomic E-state index is 10.2. The van der Waals surface area contributed by atoms with Crippen molar-refractivity contribution in [1.82, 2.24) is 0 Å². The summed E-state index contributed by atoms with van der Waals surface area (Å²) in [5.74, 6) is 0.651. The van der Waals surface area contributed by atoms with E-state index in [1.165, 1.54) is 6.42 Å². The summed E-state index contributed by atoms with van der Waals surface area (Å²) in [5, 5.41) is 0. The molecule has 1 aliphatic rings. The highest BCUT2D eigenvalue weighted by atomic mass is 16.5. The first-order chi connectivity index (χ1) is 5.24. The van der Waals surface area contributed by atoms with Crippen LogP contribution in [0.3, 0.4) is 0 Å². The Morgan fingerprint density at radius 3 is 2.73 bits per heavy atom. The SMILES string of the molecule is CC1CCC(CC=O)OC1C. The zero-order chi connectivity index (χ0) is 8.27. The lowest BCUT2D eigenvalue weighted by Crippen LogP contribution is -2.31. The van der Waals surface area contributed by atoms with Crippen LogP contribution in [0.15, 0.2) is 0 Å². The van der Waals surface area contributed by atoms with Crippen molar-refractivity contribution < 1.29 is 9.53 Å². The highest BCUT2D eigenvalue weighted by Crippen LogP contribution is 2.25. The molecule has 1 heterocycles. The number of ether oxygens (including phenoxy) is 1. The third-order valence-electron chi connectivity index (χ3n) is 2.51. The standard InChI is InChI=1S/C9H16O2/c1-7-3-4-9(5-6-10)11-8(7)2/h6-9H,3-5H2,1-2H3. The third kappa shape index (κ3) is 2.29. The van der Waals surface area contributed by atoms with Crippen LogP contribution in [0.2, 0.25) is 0 Å². The van der Waals surface area contributed by atoms with E-state index in [1.807, 2.05) is 0 Å². The molecule has 3 atom stereocenters. The van der Waals surface area contributed by atoms with Gasteiger partial charge >= 0.3 is 0 Å². The predicted octanol–water partition coefficient (Wildman–Crippen LogP) is 1.78. The average molecular weight is 156 g/mol. The molecule has 0 N–H and O–H groups in total. The smallest absolute Gasteiger partial charge is 0.122 e. The van der Waals surface area contributed by atoms with Crippen LogP contribution in [0.25, 0.3) is 0 Å². The molecule has 1 fully saturated rings. The Kier molecular flexibility index (Phi) is 3.06. The molecule has 0 aliphatic carbocycles. The second kappa shape index (κ2) is 3.86. The van der Waals surface area contributed by atoms with Crippen LogP contribution in [0.5, 0.6) is 0 Å². The molecule has 64 valence electrons. The largest absolute Gasteiger partial charge is 0.375 e. The average Bonchev–Trinajstić information content (AvgIpc) is 1.98. The summed E-state index contributed by atoms with van der Waals surface area (Å²) in [6.45, 7) is 4.28. The van der Waals surface area contributed by atoms with Gasteiger partial charge in [0.1, 0.15) is 6.29 Å². The van der Waals surface area contributed by atoms with Gasteiger partial charge in [0.15, 0.2) is 0 Å². The highest BCUT2D eigenvalue weighted by Gasteiger charge is 2.24. The topological polar surface area (TPSA) is 26.3 Å². The van der Waals surface area contributed by atoms with E-state index in [4.69, 9.17) is 4.74 Å². The van der Waals surface area contributed by atoms with Gasteiger partial charge in [0.25, 0.3) is 0 Å². The summed E-state index contributed by atoms with van der Waals surface area (Å²) < 4.78 is 5.61. The third-order valence-corrected chi connectivity index (χ3v) is 2.51. The number of aldehydes is 1. The van der Waals surface area contributed by atoms with Crippen molar-refractivity contribution >= 4 is 6.29 Å². The van der Waals surface area contributed by atoms with Crippen molar-refractivity contribution in [3.63, 3.8) is 0 Å². The molecular weight excluding hydrogens is 140 g/mol. The van der Waals surface area contributed by atoms with E-state index in [0.717, 1.165) is 12.7 Å². The zero-order valence-corrected chi connectivity index (χ0v) is 7.25. The Hall–Kier alpha value is -0.370. The quantitative estimate of drug-likeness (QED) is 0.570. The summed E-state index contributed by atoms with van der Waals surface area (Å²) in [6.07, 6.45) is 4.28. The predicted molar refractivity (Wildman–Crippen MR) is 43.4 cm³/mol. The molecule has 0 aromatic heterocycles. The summed E-state index contributed by atoms with van der Waals surface area (Å²) >= 11 is 0. The van der Waals surface area contributed by atoms with E-state index in [0.29, 0.717) is 18.4 Å². The number of carbonyl (C=O) groups is 1. The van der Waals surface area contributed by atoms with Gasteiger partial charge in [-0.1, -0.05) is 6.92 Å². The van der Waals surface area contributed by atoms with Gasteiger partial charge in [-0.3, -0.25) is 0 Å². The lowest BCUT2D eigenvalue weighted by atomic mass is 9.93. The summed E-state index contributed by atoms with van der Waals surface area (Å²) in [6, 6.07) is 0. The maximum absolute atomic E-state index is 10.2. The fraction of sp³-hybridized carbons (Fsp3) is 0.889. The minimum atomic E-state index is 0.193. The fourth-order valence-corrected chi connectivity index (χ4v) is 1.47. The van der Waals surface area contributed by atoms with Gasteiger partial charge in [-0.15, -0.1) is 0 Å². The zero-order valence-electron chi connectivity index (χ0n) is 7.25. The van der Waals surface area contributed by atoms with E-state index < -0.39 is 0 Å². The first-order valence-corrected chi connectivity index (χ1v) is 4.33. The van der Waals surface area contributed by atoms with Crippen LogP contribution in [0, 0.1) is 5.92 Å². The normalized spacial score (nSPS) is 38.5. The van der Waals surface area contributed by atoms with E-state index in [9.17, 15) is 4.79 Å². The lowest BCUT2D eigenvalue weighted by Gasteiger charge is -2.31. The van der Waals surface area contributed by atoms with Gasteiger partial charge in [-0.05, 0) is 25.7 Å². The number of hydrogen-bond acceptors (Lipinski definition) is 2. The molecule has 0 bridgehead atoms. The van der Waals surface area contributed by atoms with E-state index in [1.54, 1.807) is 0 Å². The molecule has 2 heteroatoms. The van der Waals surface area contributed by atoms with Crippen molar-refractivity contribution in [3.8, 4) is 0 Å². The molecule has 1 rings (SSSR count). The Morgan fingerprint density at radius 2 is 2.18 bits per heavy atom. The first-order valence-electron chi connectivity index (χ1n) is 4.33. The van der Waals surface area contributed by atoms with Crippen molar-refractivity contribution in [2.75, 3.05) is 0 Å². The highest BCUT2D eigenvalue weighted by molar-refractivity contribution is 5.50. The lowest BCUT2D eigenvalue weighted by molar-refractivity contribution is -0.115. The molecular formula is C9H16O2. The Balaban J connectivity index is 2.33. The molecule has 3 unspecified atom stereocenters. The first kappa shape index (κ1) is 8.72. The van der Waals surface area contributed by atoms with Gasteiger partial charge in [-0.2, -0.15) is 0 Å². The minimum absolute atomic E-state index is 0.193. The van der Waals surface area contributed by atoms with Gasteiger partial charge < -0.3 is 9.53 Å². The van der Waals surface area contributed by atoms with Crippen LogP contribution in [-0.4, -0.2) is 18.5 Å². The number of carbonyl (C=O) groups excluding carboxylic acids is 1. The van der Waals surface area contributed by atoms with Crippen molar-refractivity contribution in [2.45, 2.75) is 45.3 Å². The van der Waals surface area contributed by atoms with Crippen LogP contribution >= 0.6 is 0 Å². The molecule has 0 saturated carbocycles. The monoisotopic (exact) mass is 156 g/mol. The summed E-state index contributed by atoms with van der Waals surface area (Å²) in [4.78, 5) is 10.2. The second-order valence-corrected chi connectivity index (χ2v) is 3.42. The second-order valence-electron chi connectivity index (χ2n) is 3.42. The molecule has 0 aromatic carbocycles. The number of hydrogen-bond donors (Lipinski definition) is 0. The molecule has 0 radical (unpaired) electrons. The van der Waals surface area contributed by atoms with E-state index >= 15 is 0 Å². The molecule has 1 saturated heterocycles. The van der Waals surface area contributed by atoms with Gasteiger partial charge in [0.2, 0.25) is 0 Å². The van der Waals surface area contributed by atoms with Crippen molar-refractivity contribution in [3.05, 3.63) is 0 Å². The van der Waals surface area contributed by atoms with Gasteiger partial charge in [-0.25, -0.2) is 0 Å². The van der Waals surface area contributed by atoms with Gasteiger partial charge in [0, 0.05) is 6.42 Å². The minimum Gasteiger partial charge on any atom is -0.375 e. The molecule has 2 nitrogen and oxygen atoms in total. The van der Waals surface area contributed by atoms with Crippen molar-refractivity contribution in [1.29, 1.82) is 0 Å². The van der Waals surface area contributed by atoms with Gasteiger partial charge in [0.05, 0.1) is 12.2 Å². The Morgan fingerprint density at radius 1 is 1.45 bits per heavy atom. The van der Waals surface area contributed by atoms with Crippen LogP contribution < -0.4 is 0 Å². The fourth-order valence-electron chi connectivity index (χ4n) is 1.47.